The van der Waals surface area contributed by atoms with Gasteiger partial charge in [0.15, 0.2) is 0 Å². The summed E-state index contributed by atoms with van der Waals surface area (Å²) in [5.41, 5.74) is 0.375. The lowest BCUT2D eigenvalue weighted by atomic mass is 10.3. The number of benzene rings is 1. The molecule has 0 fully saturated rings. The number of carbonyl (C=O) groups is 2. The van der Waals surface area contributed by atoms with Crippen molar-refractivity contribution < 1.29 is 14.3 Å². The van der Waals surface area contributed by atoms with Crippen molar-refractivity contribution in [2.75, 3.05) is 12.4 Å². The molecule has 1 aromatic rings. The van der Waals surface area contributed by atoms with E-state index in [1.54, 1.807) is 0 Å². The first kappa shape index (κ1) is 11.8. The summed E-state index contributed by atoms with van der Waals surface area (Å²) in [5, 5.41) is 2.96. The predicted molar refractivity (Wildman–Crippen MR) is 57.1 cm³/mol. The van der Waals surface area contributed by atoms with Crippen LogP contribution in [0.4, 0.5) is 5.69 Å². The van der Waals surface area contributed by atoms with Crippen molar-refractivity contribution in [3.63, 3.8) is 0 Å². The normalized spacial score (nSPS) is 9.53. The van der Waals surface area contributed by atoms with Gasteiger partial charge in [0.1, 0.15) is 0 Å². The van der Waals surface area contributed by atoms with Crippen LogP contribution in [0.3, 0.4) is 0 Å². The van der Waals surface area contributed by atoms with E-state index in [0.29, 0.717) is 15.7 Å². The number of rotatable bonds is 1. The van der Waals surface area contributed by atoms with Gasteiger partial charge in [-0.1, -0.05) is 23.2 Å². The Labute approximate surface area is 96.1 Å². The Balaban J connectivity index is 2.77. The fourth-order valence-electron chi connectivity index (χ4n) is 0.849. The van der Waals surface area contributed by atoms with E-state index in [9.17, 15) is 9.59 Å². The number of carbonyl (C=O) groups excluding carboxylic acids is 2. The summed E-state index contributed by atoms with van der Waals surface area (Å²) >= 11 is 11.4. The molecule has 0 bridgehead atoms. The number of anilines is 1. The van der Waals surface area contributed by atoms with E-state index in [0.717, 1.165) is 7.11 Å². The number of halogens is 2. The molecule has 80 valence electrons. The van der Waals surface area contributed by atoms with Crippen LogP contribution >= 0.6 is 23.2 Å². The van der Waals surface area contributed by atoms with Crippen molar-refractivity contribution in [3.8, 4) is 0 Å². The fraction of sp³-hybridized carbons (Fsp3) is 0.111. The van der Waals surface area contributed by atoms with E-state index < -0.39 is 11.9 Å². The zero-order valence-corrected chi connectivity index (χ0v) is 9.22. The number of esters is 1. The Kier molecular flexibility index (Phi) is 3.94. The Morgan fingerprint density at radius 2 is 1.93 bits per heavy atom. The number of ether oxygens (including phenoxy) is 1. The molecule has 0 aliphatic rings. The summed E-state index contributed by atoms with van der Waals surface area (Å²) in [5.74, 6) is -1.84. The van der Waals surface area contributed by atoms with Gasteiger partial charge in [0.05, 0.1) is 17.2 Å². The Hall–Kier alpha value is -1.26. The van der Waals surface area contributed by atoms with E-state index in [-0.39, 0.29) is 0 Å². The summed E-state index contributed by atoms with van der Waals surface area (Å²) in [4.78, 5) is 21.9. The summed E-state index contributed by atoms with van der Waals surface area (Å²) < 4.78 is 4.23. The summed E-state index contributed by atoms with van der Waals surface area (Å²) in [6.45, 7) is 0. The molecular formula is C9H7Cl2NO3. The largest absolute Gasteiger partial charge is 0.462 e. The Bertz CT molecular complexity index is 406. The minimum Gasteiger partial charge on any atom is -0.462 e. The van der Waals surface area contributed by atoms with Crippen LogP contribution in [0.15, 0.2) is 18.2 Å². The van der Waals surface area contributed by atoms with Gasteiger partial charge < -0.3 is 10.1 Å². The number of hydrogen-bond acceptors (Lipinski definition) is 3. The second kappa shape index (κ2) is 5.00. The first-order chi connectivity index (χ1) is 7.04. The van der Waals surface area contributed by atoms with E-state index in [2.05, 4.69) is 10.1 Å². The van der Waals surface area contributed by atoms with Crippen molar-refractivity contribution in [3.05, 3.63) is 28.2 Å². The van der Waals surface area contributed by atoms with Crippen LogP contribution in [-0.2, 0) is 14.3 Å². The van der Waals surface area contributed by atoms with E-state index >= 15 is 0 Å². The van der Waals surface area contributed by atoms with Gasteiger partial charge in [-0.05, 0) is 18.2 Å². The van der Waals surface area contributed by atoms with Crippen LogP contribution in [0.25, 0.3) is 0 Å². The van der Waals surface area contributed by atoms with Gasteiger partial charge in [0.2, 0.25) is 0 Å². The fourth-order valence-corrected chi connectivity index (χ4v) is 1.15. The van der Waals surface area contributed by atoms with Crippen molar-refractivity contribution in [1.82, 2.24) is 0 Å². The minimum atomic E-state index is -0.971. The quantitative estimate of drug-likeness (QED) is 0.611. The molecule has 0 saturated heterocycles. The molecule has 1 aromatic carbocycles. The maximum atomic E-state index is 11.1. The van der Waals surface area contributed by atoms with Gasteiger partial charge >= 0.3 is 11.9 Å². The zero-order chi connectivity index (χ0) is 11.4. The highest BCUT2D eigenvalue weighted by molar-refractivity contribution is 6.42. The van der Waals surface area contributed by atoms with Gasteiger partial charge in [0.25, 0.3) is 0 Å². The van der Waals surface area contributed by atoms with Crippen molar-refractivity contribution in [1.29, 1.82) is 0 Å². The van der Waals surface area contributed by atoms with Crippen LogP contribution in [0.5, 0.6) is 0 Å². The van der Waals surface area contributed by atoms with Crippen molar-refractivity contribution >= 4 is 40.8 Å². The van der Waals surface area contributed by atoms with Crippen LogP contribution < -0.4 is 5.32 Å². The van der Waals surface area contributed by atoms with Crippen LogP contribution in [-0.4, -0.2) is 19.0 Å². The predicted octanol–water partition coefficient (Wildman–Crippen LogP) is 2.10. The molecule has 0 saturated carbocycles. The third kappa shape index (κ3) is 3.11. The number of methoxy groups -OCH3 is 1. The molecule has 15 heavy (non-hydrogen) atoms. The molecule has 1 amide bonds. The second-order valence-electron chi connectivity index (χ2n) is 2.57. The molecule has 0 atom stereocenters. The summed E-state index contributed by atoms with van der Waals surface area (Å²) in [7, 11) is 1.12. The van der Waals surface area contributed by atoms with Crippen molar-refractivity contribution in [2.45, 2.75) is 0 Å². The molecule has 0 aliphatic carbocycles. The third-order valence-corrected chi connectivity index (χ3v) is 2.29. The van der Waals surface area contributed by atoms with Gasteiger partial charge in [-0.2, -0.15) is 0 Å². The molecule has 4 nitrogen and oxygen atoms in total. The highest BCUT2D eigenvalue weighted by atomic mass is 35.5. The topological polar surface area (TPSA) is 55.4 Å². The maximum absolute atomic E-state index is 11.1. The Morgan fingerprint density at radius 1 is 1.27 bits per heavy atom. The van der Waals surface area contributed by atoms with Crippen molar-refractivity contribution in [2.24, 2.45) is 0 Å². The van der Waals surface area contributed by atoms with Gasteiger partial charge in [-0.3, -0.25) is 4.79 Å². The molecule has 1 N–H and O–H groups in total. The molecule has 0 aliphatic heterocycles. The molecule has 0 heterocycles. The first-order valence-electron chi connectivity index (χ1n) is 3.89. The number of nitrogens with one attached hydrogen (secondary N) is 1. The van der Waals surface area contributed by atoms with Gasteiger partial charge in [0, 0.05) is 5.69 Å². The van der Waals surface area contributed by atoms with Gasteiger partial charge in [-0.15, -0.1) is 0 Å². The lowest BCUT2D eigenvalue weighted by molar-refractivity contribution is -0.150. The molecule has 0 unspecified atom stereocenters. The van der Waals surface area contributed by atoms with E-state index in [4.69, 9.17) is 23.2 Å². The molecule has 6 heteroatoms. The molecule has 0 spiro atoms. The highest BCUT2D eigenvalue weighted by Gasteiger charge is 2.13. The average Bonchev–Trinajstić information content (AvgIpc) is 2.22. The van der Waals surface area contributed by atoms with Gasteiger partial charge in [-0.25, -0.2) is 4.79 Å². The summed E-state index contributed by atoms with van der Waals surface area (Å²) in [6.07, 6.45) is 0. The van der Waals surface area contributed by atoms with Crippen LogP contribution in [0.2, 0.25) is 10.0 Å². The first-order valence-corrected chi connectivity index (χ1v) is 4.64. The van der Waals surface area contributed by atoms with E-state index in [1.807, 2.05) is 0 Å². The molecule has 1 rings (SSSR count). The smallest absolute Gasteiger partial charge is 0.396 e. The number of hydrogen-bond donors (Lipinski definition) is 1. The highest BCUT2D eigenvalue weighted by Crippen LogP contribution is 2.24. The van der Waals surface area contributed by atoms with E-state index in [1.165, 1.54) is 18.2 Å². The average molecular weight is 248 g/mol. The SMILES string of the molecule is COC(=O)C(=O)Nc1ccc(Cl)c(Cl)c1. The summed E-state index contributed by atoms with van der Waals surface area (Å²) in [6, 6.07) is 4.47. The molecular weight excluding hydrogens is 241 g/mol. The molecule has 0 aromatic heterocycles. The standard InChI is InChI=1S/C9H7Cl2NO3/c1-15-9(14)8(13)12-5-2-3-6(10)7(11)4-5/h2-4H,1H3,(H,12,13). The number of amides is 1. The lowest BCUT2D eigenvalue weighted by Crippen LogP contribution is -2.23. The van der Waals surface area contributed by atoms with Crippen LogP contribution in [0.1, 0.15) is 0 Å². The zero-order valence-electron chi connectivity index (χ0n) is 7.71. The Morgan fingerprint density at radius 3 is 2.47 bits per heavy atom. The van der Waals surface area contributed by atoms with Crippen LogP contribution in [0, 0.1) is 0 Å². The molecule has 0 radical (unpaired) electrons. The maximum Gasteiger partial charge on any atom is 0.396 e. The lowest BCUT2D eigenvalue weighted by Gasteiger charge is -2.04. The third-order valence-electron chi connectivity index (χ3n) is 1.55. The minimum absolute atomic E-state index is 0.291. The second-order valence-corrected chi connectivity index (χ2v) is 3.39. The monoisotopic (exact) mass is 247 g/mol.